The molecular formula is C31H37N7O. The third-order valence-electron chi connectivity index (χ3n) is 8.66. The molecule has 3 aromatic rings. The maximum Gasteiger partial charge on any atom is 0.237 e. The molecule has 8 nitrogen and oxygen atoms in total. The van der Waals surface area contributed by atoms with Crippen molar-refractivity contribution in [1.82, 2.24) is 20.1 Å². The second kappa shape index (κ2) is 10.8. The molecule has 39 heavy (non-hydrogen) atoms. The number of nitriles is 1. The average molecular weight is 524 g/mol. The number of carbonyl (C=O) groups is 1. The lowest BCUT2D eigenvalue weighted by Gasteiger charge is -2.46. The van der Waals surface area contributed by atoms with Gasteiger partial charge in [0.15, 0.2) is 0 Å². The molecule has 0 radical (unpaired) electrons. The first-order valence-corrected chi connectivity index (χ1v) is 14.2. The molecule has 0 saturated carbocycles. The summed E-state index contributed by atoms with van der Waals surface area (Å²) in [5.41, 5.74) is 6.39. The zero-order chi connectivity index (χ0) is 26.9. The Labute approximate surface area is 230 Å². The van der Waals surface area contributed by atoms with Crippen LogP contribution >= 0.6 is 0 Å². The van der Waals surface area contributed by atoms with Crippen LogP contribution in [0.4, 0.5) is 11.4 Å². The van der Waals surface area contributed by atoms with Crippen LogP contribution in [0, 0.1) is 11.3 Å². The van der Waals surface area contributed by atoms with E-state index in [1.165, 1.54) is 16.8 Å². The number of amides is 1. The number of hydrogen-bond donors (Lipinski definition) is 1. The molecule has 2 unspecified atom stereocenters. The molecule has 6 rings (SSSR count). The Morgan fingerprint density at radius 2 is 1.82 bits per heavy atom. The number of hydrogen-bond acceptors (Lipinski definition) is 7. The molecule has 202 valence electrons. The third kappa shape index (κ3) is 5.05. The van der Waals surface area contributed by atoms with Gasteiger partial charge in [-0.05, 0) is 67.8 Å². The van der Waals surface area contributed by atoms with Crippen molar-refractivity contribution in [2.45, 2.75) is 38.9 Å². The van der Waals surface area contributed by atoms with Crippen LogP contribution in [0.3, 0.4) is 0 Å². The van der Waals surface area contributed by atoms with E-state index in [-0.39, 0.29) is 18.0 Å². The van der Waals surface area contributed by atoms with E-state index >= 15 is 0 Å². The molecule has 1 aromatic heterocycles. The summed E-state index contributed by atoms with van der Waals surface area (Å²) in [4.78, 5) is 27.3. The second-order valence-corrected chi connectivity index (χ2v) is 11.2. The first-order valence-electron chi connectivity index (χ1n) is 14.2. The average Bonchev–Trinajstić information content (AvgIpc) is 2.98. The van der Waals surface area contributed by atoms with Gasteiger partial charge in [-0.3, -0.25) is 14.7 Å². The van der Waals surface area contributed by atoms with Gasteiger partial charge in [-0.15, -0.1) is 0 Å². The van der Waals surface area contributed by atoms with Gasteiger partial charge >= 0.3 is 0 Å². The van der Waals surface area contributed by atoms with Crippen molar-refractivity contribution in [2.24, 2.45) is 0 Å². The molecule has 2 atom stereocenters. The van der Waals surface area contributed by atoms with Crippen LogP contribution in [0.15, 0.2) is 48.7 Å². The van der Waals surface area contributed by atoms with E-state index in [1.807, 2.05) is 24.3 Å². The molecule has 2 saturated heterocycles. The number of aromatic nitrogens is 1. The maximum absolute atomic E-state index is 13.6. The van der Waals surface area contributed by atoms with Gasteiger partial charge < -0.3 is 20.0 Å². The number of anilines is 2. The van der Waals surface area contributed by atoms with E-state index in [0.717, 1.165) is 68.8 Å². The van der Waals surface area contributed by atoms with Gasteiger partial charge in [-0.1, -0.05) is 6.07 Å². The number of piperazine rings is 2. The predicted octanol–water partition coefficient (Wildman–Crippen LogP) is 3.00. The normalized spacial score (nSPS) is 22.0. The summed E-state index contributed by atoms with van der Waals surface area (Å²) in [7, 11) is 0. The maximum atomic E-state index is 13.6. The SMILES string of the molecule is CC1CN(c2ccc(C#N)c3ncccc23)CC(C)N1CC(=O)N1CCc2ccc(N3CCNCC3)cc2C1. The number of rotatable bonds is 4. The van der Waals surface area contributed by atoms with E-state index in [0.29, 0.717) is 18.7 Å². The summed E-state index contributed by atoms with van der Waals surface area (Å²) in [5, 5.41) is 14.0. The second-order valence-electron chi connectivity index (χ2n) is 11.2. The highest BCUT2D eigenvalue weighted by Crippen LogP contribution is 2.31. The molecule has 1 amide bonds. The van der Waals surface area contributed by atoms with Crippen LogP contribution in [-0.4, -0.2) is 85.1 Å². The Morgan fingerprint density at radius 3 is 2.59 bits per heavy atom. The summed E-state index contributed by atoms with van der Waals surface area (Å²) in [6, 6.07) is 17.4. The minimum Gasteiger partial charge on any atom is -0.369 e. The molecule has 2 aromatic carbocycles. The van der Waals surface area contributed by atoms with E-state index in [4.69, 9.17) is 0 Å². The van der Waals surface area contributed by atoms with Gasteiger partial charge in [-0.2, -0.15) is 5.26 Å². The van der Waals surface area contributed by atoms with Crippen molar-refractivity contribution in [1.29, 1.82) is 5.26 Å². The number of nitrogens with one attached hydrogen (secondary N) is 1. The van der Waals surface area contributed by atoms with Gasteiger partial charge in [0.25, 0.3) is 0 Å². The molecule has 3 aliphatic rings. The van der Waals surface area contributed by atoms with Gasteiger partial charge in [-0.25, -0.2) is 0 Å². The molecule has 0 aliphatic carbocycles. The molecule has 0 bridgehead atoms. The van der Waals surface area contributed by atoms with Crippen molar-refractivity contribution in [3.8, 4) is 6.07 Å². The molecule has 1 N–H and O–H groups in total. The Bertz CT molecular complexity index is 1400. The predicted molar refractivity (Wildman–Crippen MR) is 155 cm³/mol. The Morgan fingerprint density at radius 1 is 1.03 bits per heavy atom. The summed E-state index contributed by atoms with van der Waals surface area (Å²) >= 11 is 0. The Balaban J connectivity index is 1.13. The first kappa shape index (κ1) is 25.6. The number of benzene rings is 2. The van der Waals surface area contributed by atoms with E-state index in [1.54, 1.807) is 6.20 Å². The highest BCUT2D eigenvalue weighted by atomic mass is 16.2. The van der Waals surface area contributed by atoms with Gasteiger partial charge in [0.2, 0.25) is 5.91 Å². The molecule has 3 aliphatic heterocycles. The number of nitrogens with zero attached hydrogens (tertiary/aromatic N) is 6. The smallest absolute Gasteiger partial charge is 0.237 e. The van der Waals surface area contributed by atoms with Gasteiger partial charge in [0.1, 0.15) is 6.07 Å². The van der Waals surface area contributed by atoms with Crippen LogP contribution in [0.2, 0.25) is 0 Å². The molecule has 8 heteroatoms. The van der Waals surface area contributed by atoms with E-state index in [9.17, 15) is 10.1 Å². The lowest BCUT2D eigenvalue weighted by molar-refractivity contribution is -0.134. The van der Waals surface area contributed by atoms with Crippen molar-refractivity contribution in [3.63, 3.8) is 0 Å². The fraction of sp³-hybridized carbons (Fsp3) is 0.452. The fourth-order valence-electron chi connectivity index (χ4n) is 6.52. The largest absolute Gasteiger partial charge is 0.369 e. The molecule has 2 fully saturated rings. The van der Waals surface area contributed by atoms with Crippen LogP contribution in [0.25, 0.3) is 10.9 Å². The fourth-order valence-corrected chi connectivity index (χ4v) is 6.52. The lowest BCUT2D eigenvalue weighted by Crippen LogP contribution is -2.59. The van der Waals surface area contributed by atoms with Crippen LogP contribution < -0.4 is 15.1 Å². The quantitative estimate of drug-likeness (QED) is 0.563. The summed E-state index contributed by atoms with van der Waals surface area (Å²) in [6.07, 6.45) is 2.66. The van der Waals surface area contributed by atoms with E-state index < -0.39 is 0 Å². The summed E-state index contributed by atoms with van der Waals surface area (Å²) in [5.74, 6) is 0.216. The molecular weight excluding hydrogens is 486 g/mol. The topological polar surface area (TPSA) is 78.7 Å². The number of fused-ring (bicyclic) bond motifs is 2. The Kier molecular flexibility index (Phi) is 7.11. The van der Waals surface area contributed by atoms with Crippen molar-refractivity contribution < 1.29 is 4.79 Å². The molecule has 4 heterocycles. The highest BCUT2D eigenvalue weighted by Gasteiger charge is 2.33. The van der Waals surface area contributed by atoms with Crippen molar-refractivity contribution in [2.75, 3.05) is 62.2 Å². The van der Waals surface area contributed by atoms with Crippen LogP contribution in [0.1, 0.15) is 30.5 Å². The highest BCUT2D eigenvalue weighted by molar-refractivity contribution is 5.95. The van der Waals surface area contributed by atoms with E-state index in [2.05, 4.69) is 68.0 Å². The van der Waals surface area contributed by atoms with Crippen LogP contribution in [0.5, 0.6) is 0 Å². The number of carbonyl (C=O) groups excluding carboxylic acids is 1. The van der Waals surface area contributed by atoms with Crippen molar-refractivity contribution >= 4 is 28.2 Å². The minimum atomic E-state index is 0.216. The zero-order valence-corrected chi connectivity index (χ0v) is 22.9. The summed E-state index contributed by atoms with van der Waals surface area (Å²) in [6.45, 7) is 12.1. The lowest BCUT2D eigenvalue weighted by atomic mass is 9.98. The Hall–Kier alpha value is -3.67. The van der Waals surface area contributed by atoms with Crippen LogP contribution in [-0.2, 0) is 17.8 Å². The summed E-state index contributed by atoms with van der Waals surface area (Å²) < 4.78 is 0. The minimum absolute atomic E-state index is 0.216. The molecule has 0 spiro atoms. The standard InChI is InChI=1S/C31H37N7O/c1-22-18-37(29-8-6-25(17-32)31-28(29)4-3-10-34-31)19-23(2)38(22)21-30(39)36-13-9-24-5-7-27(16-26(24)20-36)35-14-11-33-12-15-35/h3-8,10,16,22-23,33H,9,11-15,18-21H2,1-2H3. The number of pyridine rings is 1. The van der Waals surface area contributed by atoms with Crippen molar-refractivity contribution in [3.05, 3.63) is 65.4 Å². The third-order valence-corrected chi connectivity index (χ3v) is 8.66. The monoisotopic (exact) mass is 523 g/mol. The van der Waals surface area contributed by atoms with Gasteiger partial charge in [0.05, 0.1) is 17.6 Å². The van der Waals surface area contributed by atoms with Gasteiger partial charge in [0, 0.05) is 87.4 Å². The zero-order valence-electron chi connectivity index (χ0n) is 22.9. The first-order chi connectivity index (χ1) is 19.0.